The molecule has 0 aromatic carbocycles. The summed E-state index contributed by atoms with van der Waals surface area (Å²) in [4.78, 5) is 76.2. The first-order valence-corrected chi connectivity index (χ1v) is 10.8. The number of cyclic esters (lactones) is 2. The van der Waals surface area contributed by atoms with Crippen LogP contribution in [-0.2, 0) is 57.2 Å². The summed E-state index contributed by atoms with van der Waals surface area (Å²) in [5, 5.41) is 44.5. The molecule has 0 saturated carbocycles. The summed E-state index contributed by atoms with van der Waals surface area (Å²) in [7, 11) is 0. The lowest BCUT2D eigenvalue weighted by Crippen LogP contribution is -2.81. The second-order valence-electron chi connectivity index (χ2n) is 8.96. The molecule has 4 N–H and O–H groups in total. The van der Waals surface area contributed by atoms with E-state index in [4.69, 9.17) is 28.4 Å². The van der Waals surface area contributed by atoms with Crippen molar-refractivity contribution in [2.75, 3.05) is 0 Å². The third kappa shape index (κ3) is 3.21. The summed E-state index contributed by atoms with van der Waals surface area (Å²) in [6.45, 7) is 2.23. The summed E-state index contributed by atoms with van der Waals surface area (Å²) in [6, 6.07) is 0. The van der Waals surface area contributed by atoms with Crippen LogP contribution in [0.1, 0.15) is 52.4 Å². The zero-order valence-corrected chi connectivity index (χ0v) is 18.9. The van der Waals surface area contributed by atoms with Crippen molar-refractivity contribution in [1.29, 1.82) is 0 Å². The van der Waals surface area contributed by atoms with Crippen LogP contribution in [0.5, 0.6) is 0 Å². The van der Waals surface area contributed by atoms with Crippen molar-refractivity contribution in [1.82, 2.24) is 0 Å². The molecule has 198 valence electrons. The maximum absolute atomic E-state index is 12.8. The lowest BCUT2D eigenvalue weighted by Gasteiger charge is -2.54. The zero-order valence-electron chi connectivity index (χ0n) is 18.9. The quantitative estimate of drug-likeness (QED) is 0.214. The number of carbonyl (C=O) groups is 6. The highest BCUT2D eigenvalue weighted by atomic mass is 16.9. The van der Waals surface area contributed by atoms with Crippen LogP contribution >= 0.6 is 0 Å². The van der Waals surface area contributed by atoms with Gasteiger partial charge in [0.1, 0.15) is 0 Å². The van der Waals surface area contributed by atoms with E-state index >= 15 is 0 Å². The van der Waals surface area contributed by atoms with Gasteiger partial charge in [-0.25, -0.2) is 9.59 Å². The highest BCUT2D eigenvalue weighted by Crippen LogP contribution is 2.54. The molecule has 6 unspecified atom stereocenters. The van der Waals surface area contributed by atoms with Gasteiger partial charge in [0.15, 0.2) is 11.2 Å². The fraction of sp³-hybridized carbons (Fsp3) is 0.700. The Labute approximate surface area is 200 Å². The average Bonchev–Trinajstić information content (AvgIpc) is 2.85. The van der Waals surface area contributed by atoms with Gasteiger partial charge in [0.25, 0.3) is 5.60 Å². The lowest BCUT2D eigenvalue weighted by molar-refractivity contribution is -0.488. The van der Waals surface area contributed by atoms with Gasteiger partial charge in [0, 0.05) is 12.8 Å². The Bertz CT molecular complexity index is 1090. The highest BCUT2D eigenvalue weighted by Gasteiger charge is 2.84. The Morgan fingerprint density at radius 2 is 1.03 bits per heavy atom. The van der Waals surface area contributed by atoms with Crippen molar-refractivity contribution in [3.8, 4) is 0 Å². The summed E-state index contributed by atoms with van der Waals surface area (Å²) < 4.78 is 30.3. The van der Waals surface area contributed by atoms with E-state index < -0.39 is 109 Å². The van der Waals surface area contributed by atoms with Gasteiger partial charge < -0.3 is 48.8 Å². The molecule has 0 spiro atoms. The molecule has 0 aromatic rings. The van der Waals surface area contributed by atoms with Crippen molar-refractivity contribution in [2.45, 2.75) is 86.7 Å². The molecule has 16 nitrogen and oxygen atoms in total. The van der Waals surface area contributed by atoms with Crippen LogP contribution < -0.4 is 0 Å². The topological polar surface area (TPSA) is 239 Å². The van der Waals surface area contributed by atoms with Crippen LogP contribution in [0.25, 0.3) is 0 Å². The SMILES string of the molecule is CCC12OC(=O)CC(O)(CC(=O)OC1(O)C1(CC)OC(=O)CC3(O)CC(=O)OC1(O)OC3=O)C(=O)O2. The van der Waals surface area contributed by atoms with Crippen molar-refractivity contribution < 1.29 is 77.6 Å². The number of fused-ring (bicyclic) bond motifs is 6. The predicted molar refractivity (Wildman–Crippen MR) is 101 cm³/mol. The number of hydrogen-bond donors (Lipinski definition) is 4. The fourth-order valence-electron chi connectivity index (χ4n) is 4.76. The van der Waals surface area contributed by atoms with Gasteiger partial charge in [0.2, 0.25) is 0 Å². The first kappa shape index (κ1) is 25.7. The van der Waals surface area contributed by atoms with Crippen LogP contribution in [0.2, 0.25) is 0 Å². The summed E-state index contributed by atoms with van der Waals surface area (Å²) >= 11 is 0. The molecule has 0 amide bonds. The van der Waals surface area contributed by atoms with E-state index in [9.17, 15) is 49.2 Å². The molecule has 4 fully saturated rings. The van der Waals surface area contributed by atoms with Gasteiger partial charge in [-0.05, 0) is 0 Å². The van der Waals surface area contributed by atoms with Crippen LogP contribution in [0.3, 0.4) is 0 Å². The van der Waals surface area contributed by atoms with Crippen LogP contribution in [0, 0.1) is 0 Å². The molecule has 16 heteroatoms. The second-order valence-corrected chi connectivity index (χ2v) is 8.96. The smallest absolute Gasteiger partial charge is 0.423 e. The molecule has 4 bridgehead atoms. The standard InChI is InChI=1S/C20H22O16/c1-3-17(20(30)34-12(24)8-16(28,14(26)36-20)5-9(21)31-17)19(29)18(4-2)32-10(22)6-15(27,13(25)35-18)7-11(23)33-19/h27-30H,3-8H2,1-2H3. The lowest BCUT2D eigenvalue weighted by atomic mass is 9.78. The Hall–Kier alpha value is -3.34. The largest absolute Gasteiger partial charge is 0.440 e. The Morgan fingerprint density at radius 3 is 1.53 bits per heavy atom. The van der Waals surface area contributed by atoms with Crippen LogP contribution in [0.15, 0.2) is 0 Å². The second kappa shape index (κ2) is 7.58. The molecular formula is C20H22O16. The fourth-order valence-corrected chi connectivity index (χ4v) is 4.76. The molecule has 4 aliphatic rings. The molecule has 4 aliphatic heterocycles. The molecule has 0 aliphatic carbocycles. The van der Waals surface area contributed by atoms with E-state index in [0.29, 0.717) is 0 Å². The summed E-state index contributed by atoms with van der Waals surface area (Å²) in [6.07, 6.45) is -6.50. The number of carbonyl (C=O) groups excluding carboxylic acids is 6. The van der Waals surface area contributed by atoms with Gasteiger partial charge in [-0.2, -0.15) is 0 Å². The van der Waals surface area contributed by atoms with Crippen molar-refractivity contribution in [3.05, 3.63) is 0 Å². The number of esters is 6. The average molecular weight is 518 g/mol. The molecule has 6 atom stereocenters. The maximum Gasteiger partial charge on any atom is 0.423 e. The minimum absolute atomic E-state index is 0.772. The molecule has 36 heavy (non-hydrogen) atoms. The summed E-state index contributed by atoms with van der Waals surface area (Å²) in [5.74, 6) is -20.2. The molecule has 4 rings (SSSR count). The van der Waals surface area contributed by atoms with Crippen molar-refractivity contribution >= 4 is 35.8 Å². The molecule has 4 saturated heterocycles. The molecule has 0 radical (unpaired) electrons. The van der Waals surface area contributed by atoms with Crippen molar-refractivity contribution in [2.24, 2.45) is 0 Å². The van der Waals surface area contributed by atoms with Crippen LogP contribution in [0.4, 0.5) is 0 Å². The third-order valence-electron chi connectivity index (χ3n) is 6.61. The predicted octanol–water partition coefficient (Wildman–Crippen LogP) is -3.09. The first-order valence-electron chi connectivity index (χ1n) is 10.8. The zero-order chi connectivity index (χ0) is 26.9. The Kier molecular flexibility index (Phi) is 5.42. The van der Waals surface area contributed by atoms with E-state index in [2.05, 4.69) is 0 Å². The van der Waals surface area contributed by atoms with Crippen LogP contribution in [-0.4, -0.2) is 90.6 Å². The summed E-state index contributed by atoms with van der Waals surface area (Å²) in [5.41, 5.74) is -8.99. The van der Waals surface area contributed by atoms with Gasteiger partial charge in [-0.3, -0.25) is 19.2 Å². The van der Waals surface area contributed by atoms with Crippen molar-refractivity contribution in [3.63, 3.8) is 0 Å². The van der Waals surface area contributed by atoms with Gasteiger partial charge in [0.05, 0.1) is 25.7 Å². The van der Waals surface area contributed by atoms with E-state index in [1.54, 1.807) is 0 Å². The van der Waals surface area contributed by atoms with E-state index in [0.717, 1.165) is 13.8 Å². The molecular weight excluding hydrogens is 496 g/mol. The Balaban J connectivity index is 2.04. The molecule has 4 heterocycles. The number of hydrogen-bond acceptors (Lipinski definition) is 16. The first-order chi connectivity index (χ1) is 16.5. The number of rotatable bonds is 3. The monoisotopic (exact) mass is 518 g/mol. The maximum atomic E-state index is 12.8. The third-order valence-corrected chi connectivity index (χ3v) is 6.61. The molecule has 0 aromatic heterocycles. The normalized spacial score (nSPS) is 44.8. The van der Waals surface area contributed by atoms with E-state index in [1.165, 1.54) is 0 Å². The highest BCUT2D eigenvalue weighted by molar-refractivity contribution is 5.93. The minimum Gasteiger partial charge on any atom is -0.440 e. The van der Waals surface area contributed by atoms with Gasteiger partial charge in [-0.1, -0.05) is 13.8 Å². The van der Waals surface area contributed by atoms with Gasteiger partial charge in [-0.15, -0.1) is 0 Å². The Morgan fingerprint density at radius 1 is 0.583 bits per heavy atom. The van der Waals surface area contributed by atoms with Gasteiger partial charge >= 0.3 is 53.4 Å². The number of ether oxygens (including phenoxy) is 6. The minimum atomic E-state index is -3.84. The van der Waals surface area contributed by atoms with E-state index in [1.807, 2.05) is 0 Å². The van der Waals surface area contributed by atoms with E-state index in [-0.39, 0.29) is 0 Å². The number of aliphatic hydroxyl groups is 4.